The monoisotopic (exact) mass is 420 g/mol. The number of halogens is 1. The second-order valence-corrected chi connectivity index (χ2v) is 8.90. The van der Waals surface area contributed by atoms with Crippen molar-refractivity contribution in [3.63, 3.8) is 0 Å². The van der Waals surface area contributed by atoms with Crippen LogP contribution < -0.4 is 11.3 Å². The lowest BCUT2D eigenvalue weighted by molar-refractivity contribution is -0.115. The van der Waals surface area contributed by atoms with E-state index in [9.17, 15) is 9.59 Å². The Hall–Kier alpha value is -1.87. The Bertz CT molecular complexity index is 1110. The minimum atomic E-state index is -0.459. The van der Waals surface area contributed by atoms with Gasteiger partial charge in [-0.1, -0.05) is 29.4 Å². The van der Waals surface area contributed by atoms with Gasteiger partial charge in [-0.25, -0.2) is 4.98 Å². The summed E-state index contributed by atoms with van der Waals surface area (Å²) >= 11 is 8.85. The molecule has 0 atom stereocenters. The number of nitrogens with zero attached hydrogens (tertiary/aromatic N) is 3. The minimum Gasteiger partial charge on any atom is -0.369 e. The van der Waals surface area contributed by atoms with E-state index < -0.39 is 5.91 Å². The second kappa shape index (κ2) is 7.27. The molecule has 2 aromatic heterocycles. The zero-order valence-corrected chi connectivity index (χ0v) is 17.0. The van der Waals surface area contributed by atoms with E-state index in [1.165, 1.54) is 9.44 Å². The van der Waals surface area contributed by atoms with Gasteiger partial charge in [0.05, 0.1) is 16.8 Å². The van der Waals surface area contributed by atoms with Crippen molar-refractivity contribution in [3.8, 4) is 5.69 Å². The summed E-state index contributed by atoms with van der Waals surface area (Å²) in [4.78, 5) is 33.6. The summed E-state index contributed by atoms with van der Waals surface area (Å²) in [5, 5.41) is 1.64. The van der Waals surface area contributed by atoms with Crippen LogP contribution in [0.2, 0.25) is 5.02 Å². The Labute approximate surface area is 168 Å². The molecule has 0 unspecified atom stereocenters. The van der Waals surface area contributed by atoms with Crippen LogP contribution in [0.4, 0.5) is 0 Å². The lowest BCUT2D eigenvalue weighted by Gasteiger charge is -2.21. The summed E-state index contributed by atoms with van der Waals surface area (Å²) in [5.41, 5.74) is 6.89. The molecule has 3 aromatic rings. The Morgan fingerprint density at radius 1 is 1.44 bits per heavy atom. The smallest absolute Gasteiger partial charge is 0.267 e. The molecule has 27 heavy (non-hydrogen) atoms. The van der Waals surface area contributed by atoms with Crippen LogP contribution in [0.15, 0.2) is 34.2 Å². The van der Waals surface area contributed by atoms with Crippen LogP contribution >= 0.6 is 34.7 Å². The molecule has 1 aliphatic heterocycles. The number of hydrogen-bond donors (Lipinski definition) is 1. The van der Waals surface area contributed by atoms with E-state index >= 15 is 0 Å². The number of nitrogens with two attached hydrogens (primary N) is 1. The number of carbonyl (C=O) groups is 1. The summed E-state index contributed by atoms with van der Waals surface area (Å²) in [7, 11) is 2.07. The van der Waals surface area contributed by atoms with Gasteiger partial charge in [0.15, 0.2) is 5.16 Å². The minimum absolute atomic E-state index is 0.0480. The predicted octanol–water partition coefficient (Wildman–Crippen LogP) is 2.67. The molecular formula is C18H17ClN4O2S2. The molecule has 0 bridgehead atoms. The molecule has 1 aliphatic rings. The van der Waals surface area contributed by atoms with Gasteiger partial charge in [-0.3, -0.25) is 14.2 Å². The number of thioether (sulfide) groups is 1. The van der Waals surface area contributed by atoms with Gasteiger partial charge in [0.1, 0.15) is 4.83 Å². The molecule has 2 N–H and O–H groups in total. The first-order valence-electron chi connectivity index (χ1n) is 8.37. The average molecular weight is 421 g/mol. The standard InChI is InChI=1S/C18H17ClN4O2S2/c1-22-6-5-12-13(8-22)27-16-15(12)17(25)23(11-4-2-3-10(19)7-11)18(21-16)26-9-14(20)24/h2-4,7H,5-6,8-9H2,1H3,(H2,20,24). The fraction of sp³-hybridized carbons (Fsp3) is 0.278. The first-order chi connectivity index (χ1) is 12.9. The molecule has 0 saturated carbocycles. The largest absolute Gasteiger partial charge is 0.369 e. The molecule has 0 aliphatic carbocycles. The quantitative estimate of drug-likeness (QED) is 0.518. The summed E-state index contributed by atoms with van der Waals surface area (Å²) in [6.45, 7) is 1.73. The normalized spacial score (nSPS) is 14.4. The number of aromatic nitrogens is 2. The van der Waals surface area contributed by atoms with Gasteiger partial charge < -0.3 is 10.6 Å². The Kier molecular flexibility index (Phi) is 4.98. The van der Waals surface area contributed by atoms with Crippen LogP contribution in [0.3, 0.4) is 0 Å². The van der Waals surface area contributed by atoms with E-state index in [0.29, 0.717) is 26.1 Å². The van der Waals surface area contributed by atoms with Crippen molar-refractivity contribution < 1.29 is 4.79 Å². The molecule has 3 heterocycles. The summed E-state index contributed by atoms with van der Waals surface area (Å²) in [6, 6.07) is 7.06. The van der Waals surface area contributed by atoms with Crippen molar-refractivity contribution in [1.82, 2.24) is 14.5 Å². The van der Waals surface area contributed by atoms with Gasteiger partial charge in [0, 0.05) is 23.0 Å². The van der Waals surface area contributed by atoms with Crippen molar-refractivity contribution in [1.29, 1.82) is 0 Å². The van der Waals surface area contributed by atoms with E-state index in [4.69, 9.17) is 22.3 Å². The first-order valence-corrected chi connectivity index (χ1v) is 10.5. The lowest BCUT2D eigenvalue weighted by Crippen LogP contribution is -2.27. The SMILES string of the molecule is CN1CCc2c(sc3nc(SCC(N)=O)n(-c4cccc(Cl)c4)c(=O)c23)C1. The summed E-state index contributed by atoms with van der Waals surface area (Å²) in [5.74, 6) is -0.411. The van der Waals surface area contributed by atoms with Gasteiger partial charge in [0.2, 0.25) is 5.91 Å². The predicted molar refractivity (Wildman–Crippen MR) is 110 cm³/mol. The van der Waals surface area contributed by atoms with Crippen LogP contribution in [0.1, 0.15) is 10.4 Å². The average Bonchev–Trinajstić information content (AvgIpc) is 2.97. The number of primary amides is 1. The summed E-state index contributed by atoms with van der Waals surface area (Å²) < 4.78 is 1.53. The first kappa shape index (κ1) is 18.5. The van der Waals surface area contributed by atoms with E-state index in [-0.39, 0.29) is 11.3 Å². The molecular weight excluding hydrogens is 404 g/mol. The Morgan fingerprint density at radius 3 is 3.00 bits per heavy atom. The lowest BCUT2D eigenvalue weighted by atomic mass is 10.1. The van der Waals surface area contributed by atoms with E-state index in [2.05, 4.69) is 11.9 Å². The number of hydrogen-bond acceptors (Lipinski definition) is 6. The zero-order chi connectivity index (χ0) is 19.1. The highest BCUT2D eigenvalue weighted by Gasteiger charge is 2.24. The highest BCUT2D eigenvalue weighted by atomic mass is 35.5. The third kappa shape index (κ3) is 3.50. The van der Waals surface area contributed by atoms with Crippen molar-refractivity contribution in [3.05, 3.63) is 50.1 Å². The maximum Gasteiger partial charge on any atom is 0.267 e. The number of benzene rings is 1. The van der Waals surface area contributed by atoms with E-state index in [1.54, 1.807) is 29.5 Å². The van der Waals surface area contributed by atoms with Crippen molar-refractivity contribution >= 4 is 50.8 Å². The fourth-order valence-corrected chi connectivity index (χ4v) is 5.50. The Balaban J connectivity index is 1.97. The molecule has 9 heteroatoms. The van der Waals surface area contributed by atoms with Crippen LogP contribution in [0.5, 0.6) is 0 Å². The molecule has 1 amide bonds. The van der Waals surface area contributed by atoms with Crippen molar-refractivity contribution in [2.45, 2.75) is 18.1 Å². The van der Waals surface area contributed by atoms with Gasteiger partial charge >= 0.3 is 0 Å². The van der Waals surface area contributed by atoms with E-state index in [1.807, 2.05) is 6.07 Å². The molecule has 0 radical (unpaired) electrons. The maximum absolute atomic E-state index is 13.5. The topological polar surface area (TPSA) is 81.2 Å². The zero-order valence-electron chi connectivity index (χ0n) is 14.6. The van der Waals surface area contributed by atoms with Gasteiger partial charge in [-0.05, 0) is 37.2 Å². The fourth-order valence-electron chi connectivity index (χ4n) is 3.23. The van der Waals surface area contributed by atoms with Crippen molar-refractivity contribution in [2.24, 2.45) is 5.73 Å². The third-order valence-electron chi connectivity index (χ3n) is 4.44. The van der Waals surface area contributed by atoms with Crippen LogP contribution in [-0.2, 0) is 17.8 Å². The maximum atomic E-state index is 13.5. The van der Waals surface area contributed by atoms with Crippen LogP contribution in [0, 0.1) is 0 Å². The second-order valence-electron chi connectivity index (χ2n) is 6.44. The molecule has 140 valence electrons. The van der Waals surface area contributed by atoms with Gasteiger partial charge in [0.25, 0.3) is 5.56 Å². The highest BCUT2D eigenvalue weighted by molar-refractivity contribution is 7.99. The van der Waals surface area contributed by atoms with E-state index in [0.717, 1.165) is 36.8 Å². The van der Waals surface area contributed by atoms with Gasteiger partial charge in [-0.15, -0.1) is 11.3 Å². The highest BCUT2D eigenvalue weighted by Crippen LogP contribution is 2.34. The van der Waals surface area contributed by atoms with Crippen LogP contribution in [-0.4, -0.2) is 39.7 Å². The molecule has 0 fully saturated rings. The molecule has 0 saturated heterocycles. The Morgan fingerprint density at radius 2 is 2.26 bits per heavy atom. The molecule has 1 aromatic carbocycles. The third-order valence-corrected chi connectivity index (χ3v) is 6.75. The number of likely N-dealkylation sites (N-methyl/N-ethyl adjacent to an activating group) is 1. The van der Waals surface area contributed by atoms with Crippen LogP contribution in [0.25, 0.3) is 15.9 Å². The van der Waals surface area contributed by atoms with Gasteiger partial charge in [-0.2, -0.15) is 0 Å². The number of amides is 1. The number of rotatable bonds is 4. The number of thiophene rings is 1. The molecule has 0 spiro atoms. The van der Waals surface area contributed by atoms with Crippen molar-refractivity contribution in [2.75, 3.05) is 19.3 Å². The molecule has 6 nitrogen and oxygen atoms in total. The number of fused-ring (bicyclic) bond motifs is 3. The molecule has 4 rings (SSSR count). The number of carbonyl (C=O) groups excluding carboxylic acids is 1. The summed E-state index contributed by atoms with van der Waals surface area (Å²) in [6.07, 6.45) is 0.825.